The van der Waals surface area contributed by atoms with E-state index in [9.17, 15) is 4.79 Å². The number of ether oxygens (including phenoxy) is 1. The van der Waals surface area contributed by atoms with Gasteiger partial charge in [-0.15, -0.1) is 24.0 Å². The minimum Gasteiger partial charge on any atom is -0.378 e. The van der Waals surface area contributed by atoms with Gasteiger partial charge in [-0.2, -0.15) is 0 Å². The van der Waals surface area contributed by atoms with Gasteiger partial charge in [0, 0.05) is 38.7 Å². The molecule has 6 nitrogen and oxygen atoms in total. The van der Waals surface area contributed by atoms with Gasteiger partial charge in [-0.3, -0.25) is 9.79 Å². The average molecular weight is 456 g/mol. The van der Waals surface area contributed by atoms with E-state index >= 15 is 0 Å². The summed E-state index contributed by atoms with van der Waals surface area (Å²) in [5.74, 6) is 1.37. The third-order valence-corrected chi connectivity index (χ3v) is 3.39. The molecule has 3 N–H and O–H groups in total. The van der Waals surface area contributed by atoms with Crippen molar-refractivity contribution < 1.29 is 9.53 Å². The maximum Gasteiger partial charge on any atom is 0.222 e. The third-order valence-electron chi connectivity index (χ3n) is 3.39. The Bertz CT molecular complexity index is 349. The standard InChI is InChI=1S/C17H36N4O2.HI/c1-7-18-17(21-12-11-19-16(22)14(5)6)20-10-9-15(13(3)4)23-8-2;/h13-15H,7-12H2,1-6H3,(H,19,22)(H2,18,20,21);1H. The van der Waals surface area contributed by atoms with E-state index < -0.39 is 0 Å². The van der Waals surface area contributed by atoms with Gasteiger partial charge in [0.25, 0.3) is 0 Å². The molecule has 0 saturated heterocycles. The molecule has 0 rings (SSSR count). The maximum absolute atomic E-state index is 11.5. The molecule has 144 valence electrons. The summed E-state index contributed by atoms with van der Waals surface area (Å²) in [4.78, 5) is 16.1. The van der Waals surface area contributed by atoms with Crippen LogP contribution in [0.5, 0.6) is 0 Å². The summed E-state index contributed by atoms with van der Waals surface area (Å²) in [5, 5.41) is 9.33. The molecule has 0 fully saturated rings. The van der Waals surface area contributed by atoms with Gasteiger partial charge in [0.1, 0.15) is 0 Å². The summed E-state index contributed by atoms with van der Waals surface area (Å²) in [7, 11) is 0. The number of carbonyl (C=O) groups is 1. The smallest absolute Gasteiger partial charge is 0.222 e. The minimum atomic E-state index is 0. The van der Waals surface area contributed by atoms with Gasteiger partial charge in [0.05, 0.1) is 6.10 Å². The largest absolute Gasteiger partial charge is 0.378 e. The number of rotatable bonds is 11. The van der Waals surface area contributed by atoms with Crippen molar-refractivity contribution in [1.82, 2.24) is 16.0 Å². The van der Waals surface area contributed by atoms with Crippen LogP contribution in [0.1, 0.15) is 48.0 Å². The van der Waals surface area contributed by atoms with Crippen molar-refractivity contribution in [2.45, 2.75) is 54.1 Å². The summed E-state index contributed by atoms with van der Waals surface area (Å²) in [6.45, 7) is 15.7. The fourth-order valence-electron chi connectivity index (χ4n) is 2.04. The topological polar surface area (TPSA) is 74.8 Å². The number of halogens is 1. The molecule has 1 unspecified atom stereocenters. The molecule has 0 spiro atoms. The molecule has 0 aromatic heterocycles. The predicted octanol–water partition coefficient (Wildman–Crippen LogP) is 2.38. The van der Waals surface area contributed by atoms with Gasteiger partial charge in [-0.1, -0.05) is 27.7 Å². The van der Waals surface area contributed by atoms with Crippen molar-refractivity contribution in [3.63, 3.8) is 0 Å². The number of guanidine groups is 1. The zero-order valence-electron chi connectivity index (χ0n) is 16.1. The van der Waals surface area contributed by atoms with Crippen LogP contribution in [-0.2, 0) is 9.53 Å². The summed E-state index contributed by atoms with van der Waals surface area (Å²) < 4.78 is 5.73. The van der Waals surface area contributed by atoms with Crippen LogP contribution < -0.4 is 16.0 Å². The molecular formula is C17H37IN4O2. The van der Waals surface area contributed by atoms with Crippen molar-refractivity contribution in [2.75, 3.05) is 32.8 Å². The van der Waals surface area contributed by atoms with Gasteiger partial charge in [0.2, 0.25) is 5.91 Å². The lowest BCUT2D eigenvalue weighted by molar-refractivity contribution is -0.123. The fourth-order valence-corrected chi connectivity index (χ4v) is 2.04. The van der Waals surface area contributed by atoms with E-state index in [0.29, 0.717) is 19.0 Å². The van der Waals surface area contributed by atoms with Gasteiger partial charge < -0.3 is 20.7 Å². The van der Waals surface area contributed by atoms with Gasteiger partial charge in [0.15, 0.2) is 5.96 Å². The molecule has 0 aromatic carbocycles. The molecule has 0 aromatic rings. The van der Waals surface area contributed by atoms with E-state index in [2.05, 4.69) is 34.8 Å². The third kappa shape index (κ3) is 12.8. The molecule has 1 atom stereocenters. The molecule has 0 radical (unpaired) electrons. The van der Waals surface area contributed by atoms with Crippen LogP contribution in [0.15, 0.2) is 4.99 Å². The molecule has 0 bridgehead atoms. The maximum atomic E-state index is 11.5. The Morgan fingerprint density at radius 3 is 2.17 bits per heavy atom. The summed E-state index contributed by atoms with van der Waals surface area (Å²) >= 11 is 0. The first-order valence-electron chi connectivity index (χ1n) is 8.83. The molecule has 0 aliphatic carbocycles. The Hall–Kier alpha value is -0.570. The normalized spacial score (nSPS) is 12.8. The van der Waals surface area contributed by atoms with Gasteiger partial charge in [-0.05, 0) is 26.2 Å². The Morgan fingerprint density at radius 1 is 1.04 bits per heavy atom. The lowest BCUT2D eigenvalue weighted by atomic mass is 10.0. The van der Waals surface area contributed by atoms with E-state index in [-0.39, 0.29) is 41.9 Å². The van der Waals surface area contributed by atoms with E-state index in [1.54, 1.807) is 0 Å². The number of carbonyl (C=O) groups excluding carboxylic acids is 1. The number of hydrogen-bond donors (Lipinski definition) is 3. The molecule has 0 aliphatic heterocycles. The van der Waals surface area contributed by atoms with E-state index in [1.807, 2.05) is 27.7 Å². The summed E-state index contributed by atoms with van der Waals surface area (Å²) in [6, 6.07) is 0. The lowest BCUT2D eigenvalue weighted by Gasteiger charge is -2.20. The number of nitrogens with zero attached hydrogens (tertiary/aromatic N) is 1. The van der Waals surface area contributed by atoms with E-state index in [4.69, 9.17) is 4.74 Å². The van der Waals surface area contributed by atoms with Crippen LogP contribution in [0, 0.1) is 11.8 Å². The second-order valence-electron chi connectivity index (χ2n) is 6.16. The first-order chi connectivity index (χ1) is 10.9. The van der Waals surface area contributed by atoms with Crippen molar-refractivity contribution in [3.8, 4) is 0 Å². The van der Waals surface area contributed by atoms with Gasteiger partial charge >= 0.3 is 0 Å². The van der Waals surface area contributed by atoms with Crippen molar-refractivity contribution in [3.05, 3.63) is 0 Å². The first kappa shape index (κ1) is 25.7. The first-order valence-corrected chi connectivity index (χ1v) is 8.83. The number of aliphatic imine (C=N–C) groups is 1. The zero-order chi connectivity index (χ0) is 17.7. The second-order valence-corrected chi connectivity index (χ2v) is 6.16. The highest BCUT2D eigenvalue weighted by Gasteiger charge is 2.12. The highest BCUT2D eigenvalue weighted by molar-refractivity contribution is 14.0. The van der Waals surface area contributed by atoms with Gasteiger partial charge in [-0.25, -0.2) is 0 Å². The molecule has 1 amide bonds. The number of hydrogen-bond acceptors (Lipinski definition) is 3. The molecule has 0 heterocycles. The van der Waals surface area contributed by atoms with Crippen molar-refractivity contribution in [2.24, 2.45) is 16.8 Å². The number of amides is 1. The van der Waals surface area contributed by atoms with Crippen LogP contribution >= 0.6 is 24.0 Å². The van der Waals surface area contributed by atoms with Crippen LogP contribution in [0.2, 0.25) is 0 Å². The zero-order valence-corrected chi connectivity index (χ0v) is 18.5. The Balaban J connectivity index is 0. The molecule has 24 heavy (non-hydrogen) atoms. The number of nitrogens with one attached hydrogen (secondary N) is 3. The Labute approximate surface area is 165 Å². The second kappa shape index (κ2) is 15.9. The lowest BCUT2D eigenvalue weighted by Crippen LogP contribution is -2.42. The summed E-state index contributed by atoms with van der Waals surface area (Å²) in [6.07, 6.45) is 1.16. The highest BCUT2D eigenvalue weighted by Crippen LogP contribution is 2.10. The monoisotopic (exact) mass is 456 g/mol. The minimum absolute atomic E-state index is 0. The summed E-state index contributed by atoms with van der Waals surface area (Å²) in [5.41, 5.74) is 0. The van der Waals surface area contributed by atoms with Crippen LogP contribution in [0.25, 0.3) is 0 Å². The van der Waals surface area contributed by atoms with Crippen molar-refractivity contribution >= 4 is 35.8 Å². The quantitative estimate of drug-likeness (QED) is 0.193. The Morgan fingerprint density at radius 2 is 1.67 bits per heavy atom. The van der Waals surface area contributed by atoms with E-state index in [1.165, 1.54) is 0 Å². The molecule has 0 aliphatic rings. The van der Waals surface area contributed by atoms with Crippen LogP contribution in [0.4, 0.5) is 0 Å². The SMILES string of the molecule is CCNC(=NCCC(OCC)C(C)C)NCCNC(=O)C(C)C.I. The fraction of sp³-hybridized carbons (Fsp3) is 0.882. The average Bonchev–Trinajstić information content (AvgIpc) is 2.49. The Kier molecular flexibility index (Phi) is 17.0. The molecule has 0 saturated carbocycles. The van der Waals surface area contributed by atoms with E-state index in [0.717, 1.165) is 32.1 Å². The molecule has 7 heteroatoms. The molecular weight excluding hydrogens is 419 g/mol. The van der Waals surface area contributed by atoms with Crippen molar-refractivity contribution in [1.29, 1.82) is 0 Å². The predicted molar refractivity (Wildman–Crippen MR) is 112 cm³/mol. The van der Waals surface area contributed by atoms with Crippen LogP contribution in [0.3, 0.4) is 0 Å². The highest BCUT2D eigenvalue weighted by atomic mass is 127. The van der Waals surface area contributed by atoms with Crippen LogP contribution in [-0.4, -0.2) is 50.8 Å².